The first kappa shape index (κ1) is 19.8. The summed E-state index contributed by atoms with van der Waals surface area (Å²) in [5, 5.41) is 2.74. The molecule has 0 fully saturated rings. The molecule has 0 bridgehead atoms. The number of benzene rings is 1. The molecule has 0 unspecified atom stereocenters. The molecule has 0 atom stereocenters. The minimum absolute atomic E-state index is 0.267. The molecule has 0 saturated carbocycles. The van der Waals surface area contributed by atoms with Crippen LogP contribution in [0.25, 0.3) is 0 Å². The SMILES string of the molecule is O=C(Nc1cccc(COCC(F)(F)C(F)F)c1)c1cc2c(s1)CCOC2. The van der Waals surface area contributed by atoms with Crippen molar-refractivity contribution in [1.82, 2.24) is 0 Å². The van der Waals surface area contributed by atoms with Gasteiger partial charge in [0, 0.05) is 17.0 Å². The molecule has 146 valence electrons. The molecule has 2 aromatic rings. The zero-order valence-electron chi connectivity index (χ0n) is 14.1. The third kappa shape index (κ3) is 5.06. The van der Waals surface area contributed by atoms with Crippen molar-refractivity contribution in [2.45, 2.75) is 32.0 Å². The summed E-state index contributed by atoms with van der Waals surface area (Å²) in [4.78, 5) is 14.1. The predicted molar refractivity (Wildman–Crippen MR) is 92.7 cm³/mol. The molecule has 3 rings (SSSR count). The smallest absolute Gasteiger partial charge is 0.330 e. The van der Waals surface area contributed by atoms with Crippen LogP contribution in [0.15, 0.2) is 30.3 Å². The fourth-order valence-corrected chi connectivity index (χ4v) is 3.60. The van der Waals surface area contributed by atoms with Gasteiger partial charge in [-0.3, -0.25) is 4.79 Å². The number of amides is 1. The molecule has 2 heterocycles. The molecule has 1 aromatic carbocycles. The Morgan fingerprint density at radius 1 is 1.33 bits per heavy atom. The van der Waals surface area contributed by atoms with E-state index in [1.165, 1.54) is 11.3 Å². The Morgan fingerprint density at radius 2 is 2.15 bits per heavy atom. The average Bonchev–Trinajstić information content (AvgIpc) is 3.06. The van der Waals surface area contributed by atoms with Crippen molar-refractivity contribution in [2.75, 3.05) is 18.5 Å². The highest BCUT2D eigenvalue weighted by Crippen LogP contribution is 2.28. The number of carbonyl (C=O) groups is 1. The van der Waals surface area contributed by atoms with Crippen LogP contribution in [-0.2, 0) is 29.1 Å². The number of thiophene rings is 1. The van der Waals surface area contributed by atoms with Crippen LogP contribution < -0.4 is 5.32 Å². The molecule has 1 N–H and O–H groups in total. The largest absolute Gasteiger partial charge is 0.376 e. The summed E-state index contributed by atoms with van der Waals surface area (Å²) >= 11 is 1.42. The summed E-state index contributed by atoms with van der Waals surface area (Å²) in [6.45, 7) is -0.503. The van der Waals surface area contributed by atoms with Gasteiger partial charge in [-0.25, -0.2) is 8.78 Å². The molecule has 1 aliphatic rings. The van der Waals surface area contributed by atoms with Gasteiger partial charge < -0.3 is 14.8 Å². The maximum absolute atomic E-state index is 12.8. The number of fused-ring (bicyclic) bond motifs is 1. The predicted octanol–water partition coefficient (Wildman–Crippen LogP) is 4.49. The first-order valence-electron chi connectivity index (χ1n) is 8.18. The van der Waals surface area contributed by atoms with E-state index in [9.17, 15) is 22.4 Å². The van der Waals surface area contributed by atoms with Gasteiger partial charge in [0.1, 0.15) is 6.61 Å². The van der Waals surface area contributed by atoms with Gasteiger partial charge in [0.2, 0.25) is 0 Å². The second kappa shape index (κ2) is 8.37. The monoisotopic (exact) mass is 403 g/mol. The van der Waals surface area contributed by atoms with Crippen LogP contribution in [0.3, 0.4) is 0 Å². The van der Waals surface area contributed by atoms with Crippen LogP contribution in [0.4, 0.5) is 23.2 Å². The number of alkyl halides is 4. The number of rotatable bonds is 7. The van der Waals surface area contributed by atoms with Crippen LogP contribution in [0.5, 0.6) is 0 Å². The Labute approximate surface area is 157 Å². The number of hydrogen-bond acceptors (Lipinski definition) is 4. The van der Waals surface area contributed by atoms with Crippen molar-refractivity contribution in [2.24, 2.45) is 0 Å². The van der Waals surface area contributed by atoms with E-state index >= 15 is 0 Å². The summed E-state index contributed by atoms with van der Waals surface area (Å²) in [7, 11) is 0. The summed E-state index contributed by atoms with van der Waals surface area (Å²) < 4.78 is 60.0. The molecule has 27 heavy (non-hydrogen) atoms. The lowest BCUT2D eigenvalue weighted by Gasteiger charge is -2.15. The van der Waals surface area contributed by atoms with E-state index in [1.807, 2.05) is 0 Å². The number of halogens is 4. The van der Waals surface area contributed by atoms with E-state index in [1.54, 1.807) is 30.3 Å². The van der Waals surface area contributed by atoms with Crippen molar-refractivity contribution in [3.8, 4) is 0 Å². The van der Waals surface area contributed by atoms with Crippen molar-refractivity contribution in [1.29, 1.82) is 0 Å². The normalized spacial score (nSPS) is 14.3. The zero-order valence-corrected chi connectivity index (χ0v) is 15.0. The van der Waals surface area contributed by atoms with Gasteiger partial charge in [0.05, 0.1) is 24.7 Å². The fourth-order valence-electron chi connectivity index (χ4n) is 2.56. The molecule has 1 aromatic heterocycles. The number of carbonyl (C=O) groups excluding carboxylic acids is 1. The second-order valence-corrected chi connectivity index (χ2v) is 7.21. The number of nitrogens with one attached hydrogen (secondary N) is 1. The third-order valence-corrected chi connectivity index (χ3v) is 5.15. The number of anilines is 1. The molecule has 0 radical (unpaired) electrons. The van der Waals surface area contributed by atoms with Crippen molar-refractivity contribution < 1.29 is 31.8 Å². The molecule has 1 amide bonds. The first-order chi connectivity index (χ1) is 12.8. The van der Waals surface area contributed by atoms with Crippen LogP contribution in [-0.4, -0.2) is 31.5 Å². The van der Waals surface area contributed by atoms with Gasteiger partial charge in [-0.15, -0.1) is 11.3 Å². The number of hydrogen-bond donors (Lipinski definition) is 1. The van der Waals surface area contributed by atoms with E-state index < -0.39 is 19.0 Å². The Morgan fingerprint density at radius 3 is 2.89 bits per heavy atom. The van der Waals surface area contributed by atoms with Crippen molar-refractivity contribution >= 4 is 22.9 Å². The molecule has 9 heteroatoms. The maximum atomic E-state index is 12.8. The van der Waals surface area contributed by atoms with Gasteiger partial charge in [0.25, 0.3) is 5.91 Å². The third-order valence-electron chi connectivity index (χ3n) is 3.92. The Balaban J connectivity index is 1.58. The molecular formula is C18H17F4NO3S. The first-order valence-corrected chi connectivity index (χ1v) is 9.00. The van der Waals surface area contributed by atoms with E-state index in [2.05, 4.69) is 5.32 Å². The highest BCUT2D eigenvalue weighted by Gasteiger charge is 2.40. The van der Waals surface area contributed by atoms with Crippen molar-refractivity contribution in [3.05, 3.63) is 51.2 Å². The van der Waals surface area contributed by atoms with E-state index in [4.69, 9.17) is 9.47 Å². The van der Waals surface area contributed by atoms with Gasteiger partial charge in [-0.05, 0) is 29.3 Å². The van der Waals surface area contributed by atoms with Crippen molar-refractivity contribution in [3.63, 3.8) is 0 Å². The van der Waals surface area contributed by atoms with E-state index in [0.717, 1.165) is 16.9 Å². The lowest BCUT2D eigenvalue weighted by molar-refractivity contribution is -0.168. The van der Waals surface area contributed by atoms with Crippen LogP contribution in [0.1, 0.15) is 25.7 Å². The van der Waals surface area contributed by atoms with Crippen LogP contribution >= 0.6 is 11.3 Å². The highest BCUT2D eigenvalue weighted by molar-refractivity contribution is 7.14. The van der Waals surface area contributed by atoms with Gasteiger partial charge in [0.15, 0.2) is 0 Å². The summed E-state index contributed by atoms with van der Waals surface area (Å²) in [5.41, 5.74) is 1.96. The molecule has 1 aliphatic heterocycles. The average molecular weight is 403 g/mol. The quantitative estimate of drug-likeness (QED) is 0.693. The molecule has 0 saturated heterocycles. The highest BCUT2D eigenvalue weighted by atomic mass is 32.1. The van der Waals surface area contributed by atoms with E-state index in [-0.39, 0.29) is 12.5 Å². The second-order valence-electron chi connectivity index (χ2n) is 6.07. The summed E-state index contributed by atoms with van der Waals surface area (Å²) in [6, 6.07) is 8.21. The molecule has 4 nitrogen and oxygen atoms in total. The minimum atomic E-state index is -4.19. The Hall–Kier alpha value is -1.97. The lowest BCUT2D eigenvalue weighted by atomic mass is 10.2. The molecule has 0 spiro atoms. The standard InChI is InChI=1S/C18H17F4NO3S/c19-17(20)18(21,22)10-26-8-11-2-1-3-13(6-11)23-16(24)15-7-12-9-25-5-4-14(12)27-15/h1-3,6-7,17H,4-5,8-10H2,(H,23,24). The zero-order chi connectivity index (χ0) is 19.4. The van der Waals surface area contributed by atoms with E-state index in [0.29, 0.717) is 29.3 Å². The minimum Gasteiger partial charge on any atom is -0.376 e. The van der Waals surface area contributed by atoms with Crippen LogP contribution in [0.2, 0.25) is 0 Å². The lowest BCUT2D eigenvalue weighted by Crippen LogP contribution is -2.32. The Kier molecular flexibility index (Phi) is 6.13. The fraction of sp³-hybridized carbons (Fsp3) is 0.389. The number of ether oxygens (including phenoxy) is 2. The van der Waals surface area contributed by atoms with Gasteiger partial charge in [-0.2, -0.15) is 8.78 Å². The molecular weight excluding hydrogens is 386 g/mol. The topological polar surface area (TPSA) is 47.6 Å². The Bertz CT molecular complexity index is 786. The van der Waals surface area contributed by atoms with Gasteiger partial charge >= 0.3 is 12.3 Å². The summed E-state index contributed by atoms with van der Waals surface area (Å²) in [6.07, 6.45) is -2.99. The van der Waals surface area contributed by atoms with Gasteiger partial charge in [-0.1, -0.05) is 12.1 Å². The molecule has 0 aliphatic carbocycles. The summed E-state index contributed by atoms with van der Waals surface area (Å²) in [5.74, 6) is -4.47. The maximum Gasteiger partial charge on any atom is 0.330 e. The van der Waals surface area contributed by atoms with Crippen LogP contribution in [0, 0.1) is 0 Å².